The van der Waals surface area contributed by atoms with Gasteiger partial charge in [0.15, 0.2) is 0 Å². The third-order valence-electron chi connectivity index (χ3n) is 3.46. The number of hydrogen-bond donors (Lipinski definition) is 2. The number of aliphatic hydroxyl groups excluding tert-OH is 1. The van der Waals surface area contributed by atoms with E-state index in [2.05, 4.69) is 15.6 Å². The Morgan fingerprint density at radius 3 is 3.24 bits per heavy atom. The van der Waals surface area contributed by atoms with E-state index in [4.69, 9.17) is 5.11 Å². The summed E-state index contributed by atoms with van der Waals surface area (Å²) in [6.45, 7) is 1.07. The molecule has 0 bridgehead atoms. The van der Waals surface area contributed by atoms with Gasteiger partial charge in [-0.2, -0.15) is 0 Å². The number of hydrogen-bond acceptors (Lipinski definition) is 5. The summed E-state index contributed by atoms with van der Waals surface area (Å²) < 4.78 is 15.0. The summed E-state index contributed by atoms with van der Waals surface area (Å²) in [6.07, 6.45) is 2.78. The molecule has 1 unspecified atom stereocenters. The third kappa shape index (κ3) is 3.42. The molecule has 3 rings (SSSR count). The van der Waals surface area contributed by atoms with Crippen LogP contribution >= 0.6 is 11.8 Å². The fraction of sp³-hybridized carbons (Fsp3) is 0.429. The minimum atomic E-state index is -0.197. The first-order valence-corrected chi connectivity index (χ1v) is 7.90. The number of halogens is 1. The molecule has 2 heterocycles. The molecular weight excluding hydrogens is 291 g/mol. The number of fused-ring (bicyclic) bond motifs is 1. The molecule has 0 aliphatic carbocycles. The highest BCUT2D eigenvalue weighted by atomic mass is 32.2. The van der Waals surface area contributed by atoms with Gasteiger partial charge in [-0.3, -0.25) is 0 Å². The highest BCUT2D eigenvalue weighted by molar-refractivity contribution is 7.99. The van der Waals surface area contributed by atoms with Crippen LogP contribution in [0.25, 0.3) is 0 Å². The highest BCUT2D eigenvalue weighted by Gasteiger charge is 2.21. The molecule has 0 saturated carbocycles. The number of nitrogens with zero attached hydrogens (tertiary/aromatic N) is 3. The maximum absolute atomic E-state index is 13.4. The number of rotatable bonds is 5. The SMILES string of the molecule is OCCn1cc(CNC2CCSc3ccc(F)cc32)nn1. The molecule has 0 saturated heterocycles. The second-order valence-electron chi connectivity index (χ2n) is 4.95. The molecule has 5 nitrogen and oxygen atoms in total. The van der Waals surface area contributed by atoms with Gasteiger partial charge in [0, 0.05) is 23.7 Å². The summed E-state index contributed by atoms with van der Waals surface area (Å²) in [5.74, 6) is 0.824. The van der Waals surface area contributed by atoms with Gasteiger partial charge in [-0.25, -0.2) is 9.07 Å². The quantitative estimate of drug-likeness (QED) is 0.881. The molecule has 21 heavy (non-hydrogen) atoms. The minimum absolute atomic E-state index is 0.0444. The predicted molar refractivity (Wildman–Crippen MR) is 78.4 cm³/mol. The lowest BCUT2D eigenvalue weighted by molar-refractivity contribution is 0.268. The molecule has 112 valence electrons. The van der Waals surface area contributed by atoms with Crippen molar-refractivity contribution in [1.82, 2.24) is 20.3 Å². The highest BCUT2D eigenvalue weighted by Crippen LogP contribution is 2.36. The van der Waals surface area contributed by atoms with Crippen LogP contribution in [-0.2, 0) is 13.1 Å². The molecule has 7 heteroatoms. The van der Waals surface area contributed by atoms with Crippen LogP contribution in [0.4, 0.5) is 4.39 Å². The Hall–Kier alpha value is -1.44. The lowest BCUT2D eigenvalue weighted by Crippen LogP contribution is -2.24. The molecular formula is C14H17FN4OS. The van der Waals surface area contributed by atoms with E-state index in [1.54, 1.807) is 22.5 Å². The molecule has 0 fully saturated rings. The van der Waals surface area contributed by atoms with Crippen LogP contribution in [0.1, 0.15) is 23.7 Å². The number of aliphatic hydroxyl groups is 1. The van der Waals surface area contributed by atoms with Crippen molar-refractivity contribution < 1.29 is 9.50 Å². The van der Waals surface area contributed by atoms with Crippen molar-refractivity contribution >= 4 is 11.8 Å². The van der Waals surface area contributed by atoms with Crippen LogP contribution < -0.4 is 5.32 Å². The lowest BCUT2D eigenvalue weighted by atomic mass is 10.0. The summed E-state index contributed by atoms with van der Waals surface area (Å²) in [6, 6.07) is 5.11. The first-order chi connectivity index (χ1) is 10.3. The summed E-state index contributed by atoms with van der Waals surface area (Å²) >= 11 is 1.77. The Balaban J connectivity index is 1.67. The van der Waals surface area contributed by atoms with Crippen molar-refractivity contribution in [2.24, 2.45) is 0 Å². The zero-order chi connectivity index (χ0) is 14.7. The fourth-order valence-electron chi connectivity index (χ4n) is 2.44. The first kappa shape index (κ1) is 14.5. The van der Waals surface area contributed by atoms with E-state index >= 15 is 0 Å². The van der Waals surface area contributed by atoms with Crippen LogP contribution in [0.5, 0.6) is 0 Å². The number of aromatic nitrogens is 3. The summed E-state index contributed by atoms with van der Waals surface area (Å²) in [4.78, 5) is 1.14. The topological polar surface area (TPSA) is 63.0 Å². The average molecular weight is 308 g/mol. The Morgan fingerprint density at radius 2 is 2.38 bits per heavy atom. The molecule has 2 N–H and O–H groups in total. The van der Waals surface area contributed by atoms with E-state index in [0.717, 1.165) is 28.3 Å². The fourth-order valence-corrected chi connectivity index (χ4v) is 3.54. The van der Waals surface area contributed by atoms with Gasteiger partial charge in [-0.05, 0) is 35.9 Å². The standard InChI is InChI=1S/C14H17FN4OS/c15-10-1-2-14-12(7-10)13(3-6-21-14)16-8-11-9-19(4-5-20)18-17-11/h1-2,7,9,13,16,20H,3-6,8H2. The normalized spacial score (nSPS) is 17.7. The van der Waals surface area contributed by atoms with Crippen molar-refractivity contribution in [2.45, 2.75) is 30.4 Å². The molecule has 1 aromatic heterocycles. The van der Waals surface area contributed by atoms with Gasteiger partial charge in [0.25, 0.3) is 0 Å². The first-order valence-electron chi connectivity index (χ1n) is 6.92. The van der Waals surface area contributed by atoms with Crippen LogP contribution in [0.2, 0.25) is 0 Å². The van der Waals surface area contributed by atoms with E-state index in [9.17, 15) is 4.39 Å². The molecule has 1 atom stereocenters. The van der Waals surface area contributed by atoms with Crippen molar-refractivity contribution in [2.75, 3.05) is 12.4 Å². The summed E-state index contributed by atoms with van der Waals surface area (Å²) in [5, 5.41) is 20.3. The molecule has 0 radical (unpaired) electrons. The van der Waals surface area contributed by atoms with Crippen LogP contribution in [-0.4, -0.2) is 32.5 Å². The second kappa shape index (κ2) is 6.55. The van der Waals surface area contributed by atoms with Crippen LogP contribution in [0.3, 0.4) is 0 Å². The monoisotopic (exact) mass is 308 g/mol. The Morgan fingerprint density at radius 1 is 1.48 bits per heavy atom. The lowest BCUT2D eigenvalue weighted by Gasteiger charge is -2.25. The van der Waals surface area contributed by atoms with E-state index in [-0.39, 0.29) is 18.5 Å². The number of benzene rings is 1. The maximum Gasteiger partial charge on any atom is 0.123 e. The van der Waals surface area contributed by atoms with Gasteiger partial charge in [0.1, 0.15) is 5.82 Å². The number of nitrogens with one attached hydrogen (secondary N) is 1. The second-order valence-corrected chi connectivity index (χ2v) is 6.09. The summed E-state index contributed by atoms with van der Waals surface area (Å²) in [5.41, 5.74) is 1.84. The smallest absolute Gasteiger partial charge is 0.123 e. The van der Waals surface area contributed by atoms with Crippen molar-refractivity contribution in [3.8, 4) is 0 Å². The third-order valence-corrected chi connectivity index (χ3v) is 4.58. The van der Waals surface area contributed by atoms with Gasteiger partial charge in [0.05, 0.1) is 18.8 Å². The predicted octanol–water partition coefficient (Wildman–Crippen LogP) is 1.74. The molecule has 1 aromatic carbocycles. The van der Waals surface area contributed by atoms with E-state index in [0.29, 0.717) is 13.1 Å². The van der Waals surface area contributed by atoms with E-state index < -0.39 is 0 Å². The minimum Gasteiger partial charge on any atom is -0.394 e. The zero-order valence-electron chi connectivity index (χ0n) is 11.5. The van der Waals surface area contributed by atoms with Crippen molar-refractivity contribution in [3.05, 3.63) is 41.5 Å². The Bertz CT molecular complexity index is 619. The Kier molecular flexibility index (Phi) is 4.52. The molecule has 2 aromatic rings. The van der Waals surface area contributed by atoms with Gasteiger partial charge in [0.2, 0.25) is 0 Å². The molecule has 0 amide bonds. The van der Waals surface area contributed by atoms with Crippen molar-refractivity contribution in [3.63, 3.8) is 0 Å². The maximum atomic E-state index is 13.4. The zero-order valence-corrected chi connectivity index (χ0v) is 12.3. The average Bonchev–Trinajstić information content (AvgIpc) is 2.93. The van der Waals surface area contributed by atoms with Crippen LogP contribution in [0, 0.1) is 5.82 Å². The number of thioether (sulfide) groups is 1. The molecule has 1 aliphatic rings. The van der Waals surface area contributed by atoms with Gasteiger partial charge in [-0.15, -0.1) is 16.9 Å². The van der Waals surface area contributed by atoms with E-state index in [1.165, 1.54) is 6.07 Å². The van der Waals surface area contributed by atoms with Gasteiger partial charge >= 0.3 is 0 Å². The molecule has 1 aliphatic heterocycles. The van der Waals surface area contributed by atoms with Crippen molar-refractivity contribution in [1.29, 1.82) is 0 Å². The summed E-state index contributed by atoms with van der Waals surface area (Å²) in [7, 11) is 0. The van der Waals surface area contributed by atoms with Gasteiger partial charge < -0.3 is 10.4 Å². The Labute approximate surface area is 126 Å². The van der Waals surface area contributed by atoms with Gasteiger partial charge in [-0.1, -0.05) is 5.21 Å². The molecule has 0 spiro atoms. The van der Waals surface area contributed by atoms with E-state index in [1.807, 2.05) is 12.3 Å². The van der Waals surface area contributed by atoms with Crippen LogP contribution in [0.15, 0.2) is 29.3 Å². The largest absolute Gasteiger partial charge is 0.394 e.